The molecule has 0 saturated carbocycles. The topological polar surface area (TPSA) is 124 Å². The number of thiazole rings is 1. The van der Waals surface area contributed by atoms with Crippen molar-refractivity contribution in [2.45, 2.75) is 12.7 Å². The first-order valence-electron chi connectivity index (χ1n) is 8.87. The molecule has 2 aromatic carbocycles. The van der Waals surface area contributed by atoms with Crippen LogP contribution in [0.15, 0.2) is 53.4 Å². The van der Waals surface area contributed by atoms with E-state index in [0.29, 0.717) is 11.3 Å². The molecule has 156 valence electrons. The van der Waals surface area contributed by atoms with Crippen molar-refractivity contribution >= 4 is 22.9 Å². The number of nitro groups is 1. The largest absolute Gasteiger partial charge is 0.493 e. The molecule has 0 aliphatic carbocycles. The maximum Gasteiger partial charge on any atom is 0.286 e. The molecule has 0 aliphatic rings. The molecule has 3 aromatic rings. The van der Waals surface area contributed by atoms with Gasteiger partial charge in [-0.3, -0.25) is 14.9 Å². The van der Waals surface area contributed by atoms with Gasteiger partial charge in [0.25, 0.3) is 11.6 Å². The van der Waals surface area contributed by atoms with Gasteiger partial charge in [0.1, 0.15) is 12.2 Å². The zero-order valence-electron chi connectivity index (χ0n) is 16.0. The Morgan fingerprint density at radius 3 is 2.70 bits per heavy atom. The molecule has 1 heterocycles. The number of hydrogen-bond acceptors (Lipinski definition) is 8. The predicted octanol–water partition coefficient (Wildman–Crippen LogP) is 3.10. The third-order valence-corrected chi connectivity index (χ3v) is 4.86. The Labute approximate surface area is 176 Å². The van der Waals surface area contributed by atoms with Crippen molar-refractivity contribution in [1.29, 1.82) is 0 Å². The number of nitrogens with one attached hydrogen (secondary N) is 1. The lowest BCUT2D eigenvalue weighted by molar-refractivity contribution is -0.385. The second-order valence-corrected chi connectivity index (χ2v) is 6.90. The lowest BCUT2D eigenvalue weighted by Gasteiger charge is -2.14. The van der Waals surface area contributed by atoms with Gasteiger partial charge in [0.2, 0.25) is 0 Å². The molecule has 0 bridgehead atoms. The Bertz CT molecular complexity index is 1010. The Hall–Kier alpha value is -3.50. The summed E-state index contributed by atoms with van der Waals surface area (Å²) in [5, 5.41) is 26.1. The summed E-state index contributed by atoms with van der Waals surface area (Å²) in [5.41, 5.74) is 2.31. The molecule has 2 N–H and O–H groups in total. The van der Waals surface area contributed by atoms with Crippen LogP contribution < -0.4 is 14.8 Å². The number of aromatic nitrogens is 1. The number of aliphatic hydroxyl groups is 1. The Morgan fingerprint density at radius 2 is 2.07 bits per heavy atom. The van der Waals surface area contributed by atoms with Gasteiger partial charge >= 0.3 is 0 Å². The normalized spacial score (nSPS) is 11.5. The highest BCUT2D eigenvalue weighted by atomic mass is 32.1. The van der Waals surface area contributed by atoms with Crippen LogP contribution in [0.1, 0.15) is 27.7 Å². The fourth-order valence-electron chi connectivity index (χ4n) is 2.69. The molecule has 9 nitrogen and oxygen atoms in total. The van der Waals surface area contributed by atoms with Crippen molar-refractivity contribution < 1.29 is 24.3 Å². The van der Waals surface area contributed by atoms with E-state index in [1.165, 1.54) is 24.5 Å². The highest BCUT2D eigenvalue weighted by molar-refractivity contribution is 7.07. The van der Waals surface area contributed by atoms with Gasteiger partial charge < -0.3 is 19.9 Å². The van der Waals surface area contributed by atoms with E-state index in [-0.39, 0.29) is 30.2 Å². The number of carbonyl (C=O) groups excluding carboxylic acids is 1. The van der Waals surface area contributed by atoms with Gasteiger partial charge in [-0.15, -0.1) is 11.3 Å². The molecule has 1 amide bonds. The minimum Gasteiger partial charge on any atom is -0.493 e. The number of nitro benzene ring substituents is 1. The molecule has 0 aliphatic heterocycles. The van der Waals surface area contributed by atoms with Crippen LogP contribution in [0, 0.1) is 10.1 Å². The third-order valence-electron chi connectivity index (χ3n) is 4.22. The number of rotatable bonds is 9. The molecule has 1 aromatic heterocycles. The van der Waals surface area contributed by atoms with Gasteiger partial charge in [0.15, 0.2) is 11.5 Å². The number of hydrogen-bond donors (Lipinski definition) is 2. The van der Waals surface area contributed by atoms with Crippen LogP contribution in [0.4, 0.5) is 5.69 Å². The average Bonchev–Trinajstić information content (AvgIpc) is 3.29. The van der Waals surface area contributed by atoms with Gasteiger partial charge in [-0.1, -0.05) is 30.3 Å². The van der Waals surface area contributed by atoms with Crippen LogP contribution in [0.5, 0.6) is 11.5 Å². The van der Waals surface area contributed by atoms with E-state index in [9.17, 15) is 20.0 Å². The monoisotopic (exact) mass is 429 g/mol. The molecular formula is C20H19N3O6S. The summed E-state index contributed by atoms with van der Waals surface area (Å²) in [6.45, 7) is -0.00375. The lowest BCUT2D eigenvalue weighted by atomic mass is 10.1. The first kappa shape index (κ1) is 21.2. The zero-order chi connectivity index (χ0) is 21.5. The van der Waals surface area contributed by atoms with Gasteiger partial charge in [0.05, 0.1) is 35.4 Å². The summed E-state index contributed by atoms with van der Waals surface area (Å²) in [6, 6.07) is 11.2. The molecule has 3 rings (SSSR count). The molecular weight excluding hydrogens is 410 g/mol. The van der Waals surface area contributed by atoms with Crippen LogP contribution in [0.25, 0.3) is 0 Å². The van der Waals surface area contributed by atoms with Crippen molar-refractivity contribution in [3.8, 4) is 11.5 Å². The summed E-state index contributed by atoms with van der Waals surface area (Å²) >= 11 is 1.40. The Kier molecular flexibility index (Phi) is 6.94. The lowest BCUT2D eigenvalue weighted by Crippen LogP contribution is -2.29. The van der Waals surface area contributed by atoms with Crippen molar-refractivity contribution in [2.75, 3.05) is 13.7 Å². The van der Waals surface area contributed by atoms with Gasteiger partial charge in [-0.25, -0.2) is 4.98 Å². The Morgan fingerprint density at radius 1 is 1.30 bits per heavy atom. The molecule has 0 spiro atoms. The van der Waals surface area contributed by atoms with E-state index < -0.39 is 22.6 Å². The molecule has 0 saturated heterocycles. The first-order chi connectivity index (χ1) is 14.5. The number of ether oxygens (including phenoxy) is 2. The van der Waals surface area contributed by atoms with Crippen molar-refractivity contribution in [3.05, 3.63) is 80.3 Å². The minimum atomic E-state index is -0.947. The smallest absolute Gasteiger partial charge is 0.286 e. The fourth-order valence-corrected chi connectivity index (χ4v) is 3.24. The molecule has 1 atom stereocenters. The van der Waals surface area contributed by atoms with E-state index in [2.05, 4.69) is 10.3 Å². The maximum atomic E-state index is 12.6. The summed E-state index contributed by atoms with van der Waals surface area (Å²) in [5.74, 6) is -0.413. The number of aliphatic hydroxyl groups excluding tert-OH is 1. The van der Waals surface area contributed by atoms with Gasteiger partial charge in [-0.2, -0.15) is 0 Å². The molecule has 0 fully saturated rings. The van der Waals surface area contributed by atoms with E-state index in [1.807, 2.05) is 6.07 Å². The number of amides is 1. The maximum absolute atomic E-state index is 12.6. The second-order valence-electron chi connectivity index (χ2n) is 6.18. The van der Waals surface area contributed by atoms with Crippen LogP contribution in [0.2, 0.25) is 0 Å². The van der Waals surface area contributed by atoms with Crippen LogP contribution in [-0.4, -0.2) is 34.6 Å². The summed E-state index contributed by atoms with van der Waals surface area (Å²) < 4.78 is 10.8. The SMILES string of the molecule is COc1cc(C(=O)NCC(O)c2ccccc2)c([N+](=O)[O-])cc1OCc1cscn1. The summed E-state index contributed by atoms with van der Waals surface area (Å²) in [4.78, 5) is 27.6. The second kappa shape index (κ2) is 9.81. The molecule has 1 unspecified atom stereocenters. The van der Waals surface area contributed by atoms with Crippen molar-refractivity contribution in [2.24, 2.45) is 0 Å². The number of benzene rings is 2. The quantitative estimate of drug-likeness (QED) is 0.396. The van der Waals surface area contributed by atoms with E-state index >= 15 is 0 Å². The minimum absolute atomic E-state index is 0.103. The Balaban J connectivity index is 1.78. The van der Waals surface area contributed by atoms with Crippen LogP contribution in [0.3, 0.4) is 0 Å². The summed E-state index contributed by atoms with van der Waals surface area (Å²) in [6.07, 6.45) is -0.947. The molecule has 10 heteroatoms. The summed E-state index contributed by atoms with van der Waals surface area (Å²) in [7, 11) is 1.37. The van der Waals surface area contributed by atoms with Gasteiger partial charge in [0, 0.05) is 18.0 Å². The zero-order valence-corrected chi connectivity index (χ0v) is 16.8. The predicted molar refractivity (Wildman–Crippen MR) is 110 cm³/mol. The fraction of sp³-hybridized carbons (Fsp3) is 0.200. The molecule has 30 heavy (non-hydrogen) atoms. The highest BCUT2D eigenvalue weighted by Crippen LogP contribution is 2.35. The van der Waals surface area contributed by atoms with Crippen molar-refractivity contribution in [3.63, 3.8) is 0 Å². The standard InChI is InChI=1S/C20H19N3O6S/c1-28-18-7-15(20(25)21-9-17(24)13-5-3-2-4-6-13)16(23(26)27)8-19(18)29-10-14-11-30-12-22-14/h2-8,11-12,17,24H,9-10H2,1H3,(H,21,25). The number of nitrogens with zero attached hydrogens (tertiary/aromatic N) is 2. The van der Waals surface area contributed by atoms with Crippen molar-refractivity contribution in [1.82, 2.24) is 10.3 Å². The average molecular weight is 429 g/mol. The number of carbonyl (C=O) groups is 1. The van der Waals surface area contributed by atoms with Crippen LogP contribution in [-0.2, 0) is 6.61 Å². The van der Waals surface area contributed by atoms with Crippen LogP contribution >= 0.6 is 11.3 Å². The number of methoxy groups -OCH3 is 1. The first-order valence-corrected chi connectivity index (χ1v) is 9.81. The van der Waals surface area contributed by atoms with E-state index in [1.54, 1.807) is 35.2 Å². The van der Waals surface area contributed by atoms with Gasteiger partial charge in [-0.05, 0) is 5.56 Å². The van der Waals surface area contributed by atoms with E-state index in [0.717, 1.165) is 6.07 Å². The van der Waals surface area contributed by atoms with E-state index in [4.69, 9.17) is 9.47 Å². The molecule has 0 radical (unpaired) electrons. The third kappa shape index (κ3) is 5.10. The highest BCUT2D eigenvalue weighted by Gasteiger charge is 2.25.